The van der Waals surface area contributed by atoms with Crippen LogP contribution < -0.4 is 10.1 Å². The number of carbonyl (C=O) groups is 1. The minimum absolute atomic E-state index is 0.171. The molecule has 3 aromatic rings. The Morgan fingerprint density at radius 2 is 2.00 bits per heavy atom. The molecule has 0 saturated heterocycles. The van der Waals surface area contributed by atoms with Crippen LogP contribution in [0, 0.1) is 11.3 Å². The Morgan fingerprint density at radius 3 is 2.59 bits per heavy atom. The number of hydrogen-bond acceptors (Lipinski definition) is 9. The van der Waals surface area contributed by atoms with E-state index in [1.54, 1.807) is 6.92 Å². The summed E-state index contributed by atoms with van der Waals surface area (Å²) in [6, 6.07) is 3.85. The molecule has 5 rings (SSSR count). The molecule has 1 atom stereocenters. The Labute approximate surface area is 213 Å². The maximum atomic E-state index is 13.1. The van der Waals surface area contributed by atoms with E-state index in [9.17, 15) is 26.4 Å². The van der Waals surface area contributed by atoms with Gasteiger partial charge in [-0.05, 0) is 50.8 Å². The fraction of sp³-hybridized carbons (Fsp3) is 0.409. The zero-order chi connectivity index (χ0) is 26.5. The third-order valence-electron chi connectivity index (χ3n) is 5.78. The molecule has 2 heterocycles. The highest BCUT2D eigenvalue weighted by Crippen LogP contribution is 2.39. The summed E-state index contributed by atoms with van der Waals surface area (Å²) in [6.07, 6.45) is -1.07. The first-order valence-corrected chi connectivity index (χ1v) is 13.6. The maximum absolute atomic E-state index is 13.1. The molecule has 0 radical (unpaired) electrons. The Bertz CT molecular complexity index is 1520. The second-order valence-electron chi connectivity index (χ2n) is 8.81. The van der Waals surface area contributed by atoms with Crippen LogP contribution in [0.1, 0.15) is 71.5 Å². The molecule has 2 aliphatic rings. The zero-order valence-corrected chi connectivity index (χ0v) is 20.8. The van der Waals surface area contributed by atoms with Crippen molar-refractivity contribution in [3.63, 3.8) is 0 Å². The number of rotatable bonds is 8. The largest absolute Gasteiger partial charge is 0.573 e. The predicted octanol–water partition coefficient (Wildman–Crippen LogP) is 3.80. The summed E-state index contributed by atoms with van der Waals surface area (Å²) >= 11 is 1.08. The first-order valence-electron chi connectivity index (χ1n) is 11.2. The van der Waals surface area contributed by atoms with Gasteiger partial charge in [0.15, 0.2) is 21.5 Å². The number of sulfone groups is 1. The summed E-state index contributed by atoms with van der Waals surface area (Å²) in [5.74, 6) is -0.597. The SMILES string of the molecule is C[C@H](NC(=O)c1cc(OC(F)(F)F)cc(S(=O)(=O)C2CC2)c1)c1nc(C2CC2)nn1-c1ncc(C#N)s1. The molecule has 15 heteroatoms. The van der Waals surface area contributed by atoms with Crippen LogP contribution >= 0.6 is 11.3 Å². The van der Waals surface area contributed by atoms with E-state index in [-0.39, 0.29) is 11.5 Å². The molecule has 0 aliphatic heterocycles. The van der Waals surface area contributed by atoms with Gasteiger partial charge in [0, 0.05) is 11.5 Å². The predicted molar refractivity (Wildman–Crippen MR) is 123 cm³/mol. The van der Waals surface area contributed by atoms with Gasteiger partial charge in [-0.25, -0.2) is 18.4 Å². The molecule has 194 valence electrons. The molecule has 1 aromatic carbocycles. The summed E-state index contributed by atoms with van der Waals surface area (Å²) in [5.41, 5.74) is -0.317. The van der Waals surface area contributed by atoms with Gasteiger partial charge >= 0.3 is 6.36 Å². The van der Waals surface area contributed by atoms with E-state index in [0.29, 0.717) is 34.5 Å². The van der Waals surface area contributed by atoms with Crippen molar-refractivity contribution in [2.75, 3.05) is 0 Å². The molecule has 10 nitrogen and oxygen atoms in total. The van der Waals surface area contributed by atoms with E-state index < -0.39 is 44.0 Å². The first kappa shape index (κ1) is 25.2. The lowest BCUT2D eigenvalue weighted by Crippen LogP contribution is -2.29. The van der Waals surface area contributed by atoms with Gasteiger partial charge in [0.25, 0.3) is 5.91 Å². The van der Waals surface area contributed by atoms with E-state index in [2.05, 4.69) is 25.1 Å². The molecule has 2 aliphatic carbocycles. The number of ether oxygens (including phenoxy) is 1. The molecule has 0 spiro atoms. The van der Waals surface area contributed by atoms with Crippen LogP contribution in [-0.4, -0.2) is 45.7 Å². The number of hydrogen-bond donors (Lipinski definition) is 1. The Kier molecular flexibility index (Phi) is 6.19. The van der Waals surface area contributed by atoms with Crippen molar-refractivity contribution < 1.29 is 31.1 Å². The van der Waals surface area contributed by atoms with Crippen LogP contribution in [0.2, 0.25) is 0 Å². The van der Waals surface area contributed by atoms with E-state index in [1.165, 1.54) is 10.9 Å². The van der Waals surface area contributed by atoms with Crippen molar-refractivity contribution in [3.8, 4) is 17.0 Å². The van der Waals surface area contributed by atoms with Gasteiger partial charge in [-0.3, -0.25) is 4.79 Å². The van der Waals surface area contributed by atoms with E-state index in [4.69, 9.17) is 5.26 Å². The molecular weight excluding hydrogens is 533 g/mol. The molecule has 2 fully saturated rings. The van der Waals surface area contributed by atoms with Crippen LogP contribution in [0.15, 0.2) is 29.3 Å². The number of carbonyl (C=O) groups excluding carboxylic acids is 1. The average Bonchev–Trinajstić information content (AvgIpc) is 3.76. The van der Waals surface area contributed by atoms with Crippen LogP contribution in [0.4, 0.5) is 13.2 Å². The number of halogens is 3. The summed E-state index contributed by atoms with van der Waals surface area (Å²) in [4.78, 5) is 21.8. The van der Waals surface area contributed by atoms with Crippen molar-refractivity contribution in [1.29, 1.82) is 5.26 Å². The number of amides is 1. The van der Waals surface area contributed by atoms with E-state index >= 15 is 0 Å². The van der Waals surface area contributed by atoms with Gasteiger partial charge in [-0.2, -0.15) is 9.94 Å². The molecule has 0 unspecified atom stereocenters. The number of nitriles is 1. The monoisotopic (exact) mass is 552 g/mol. The van der Waals surface area contributed by atoms with E-state index in [0.717, 1.165) is 42.4 Å². The second-order valence-corrected chi connectivity index (χ2v) is 12.1. The molecular formula is C22H19F3N6O4S2. The topological polar surface area (TPSA) is 140 Å². The lowest BCUT2D eigenvalue weighted by Gasteiger charge is -2.16. The van der Waals surface area contributed by atoms with Gasteiger partial charge in [0.2, 0.25) is 5.13 Å². The summed E-state index contributed by atoms with van der Waals surface area (Å²) in [6.45, 7) is 1.60. The van der Waals surface area contributed by atoms with E-state index in [1.807, 2.05) is 6.07 Å². The highest BCUT2D eigenvalue weighted by molar-refractivity contribution is 7.92. The number of nitrogens with zero attached hydrogens (tertiary/aromatic N) is 5. The van der Waals surface area contributed by atoms with Gasteiger partial charge in [-0.1, -0.05) is 11.3 Å². The number of alkyl halides is 3. The Morgan fingerprint density at radius 1 is 1.27 bits per heavy atom. The molecule has 1 amide bonds. The lowest BCUT2D eigenvalue weighted by molar-refractivity contribution is -0.274. The molecule has 37 heavy (non-hydrogen) atoms. The minimum atomic E-state index is -5.07. The minimum Gasteiger partial charge on any atom is -0.406 e. The third kappa shape index (κ3) is 5.44. The number of thiazole rings is 1. The first-order chi connectivity index (χ1) is 17.4. The average molecular weight is 553 g/mol. The van der Waals surface area contributed by atoms with Gasteiger partial charge in [0.1, 0.15) is 16.7 Å². The number of aromatic nitrogens is 4. The standard InChI is InChI=1S/C22H19F3N6O4S2/c1-11(19-29-18(12-2-3-12)30-31(19)21-27-10-15(9-26)36-21)28-20(32)13-6-14(35-22(23,24)25)8-17(7-13)37(33,34)16-4-5-16/h6-8,10-12,16H,2-5H2,1H3,(H,28,32)/t11-/m0/s1. The quantitative estimate of drug-likeness (QED) is 0.445. The van der Waals surface area contributed by atoms with Crippen LogP contribution in [-0.2, 0) is 9.84 Å². The van der Waals surface area contributed by atoms with Crippen molar-refractivity contribution in [3.05, 3.63) is 46.5 Å². The third-order valence-corrected chi connectivity index (χ3v) is 8.90. The Balaban J connectivity index is 1.46. The van der Waals surface area contributed by atoms with Crippen LogP contribution in [0.25, 0.3) is 5.13 Å². The van der Waals surface area contributed by atoms with Crippen molar-refractivity contribution in [1.82, 2.24) is 25.1 Å². The highest BCUT2D eigenvalue weighted by atomic mass is 32.2. The summed E-state index contributed by atoms with van der Waals surface area (Å²) in [7, 11) is -3.91. The summed E-state index contributed by atoms with van der Waals surface area (Å²) in [5, 5.41) is 15.9. The molecule has 0 bridgehead atoms. The molecule has 2 aromatic heterocycles. The van der Waals surface area contributed by atoms with Crippen molar-refractivity contribution in [2.45, 2.75) is 61.1 Å². The lowest BCUT2D eigenvalue weighted by atomic mass is 10.2. The van der Waals surface area contributed by atoms with Crippen molar-refractivity contribution in [2.24, 2.45) is 0 Å². The second kappa shape index (κ2) is 9.10. The highest BCUT2D eigenvalue weighted by Gasteiger charge is 2.39. The smallest absolute Gasteiger partial charge is 0.406 e. The number of nitrogens with one attached hydrogen (secondary N) is 1. The maximum Gasteiger partial charge on any atom is 0.573 e. The van der Waals surface area contributed by atoms with Crippen LogP contribution in [0.5, 0.6) is 5.75 Å². The van der Waals surface area contributed by atoms with Gasteiger partial charge < -0.3 is 10.1 Å². The molecule has 1 N–H and O–H groups in total. The van der Waals surface area contributed by atoms with Gasteiger partial charge in [-0.15, -0.1) is 18.3 Å². The summed E-state index contributed by atoms with van der Waals surface area (Å²) < 4.78 is 69.5. The normalized spacial score (nSPS) is 16.7. The van der Waals surface area contributed by atoms with Gasteiger partial charge in [0.05, 0.1) is 22.4 Å². The fourth-order valence-electron chi connectivity index (χ4n) is 3.67. The zero-order valence-electron chi connectivity index (χ0n) is 19.2. The fourth-order valence-corrected chi connectivity index (χ4v) is 6.05. The molecule has 2 saturated carbocycles. The number of benzene rings is 1. The van der Waals surface area contributed by atoms with Crippen molar-refractivity contribution >= 4 is 27.1 Å². The van der Waals surface area contributed by atoms with Crippen LogP contribution in [0.3, 0.4) is 0 Å². The Hall–Kier alpha value is -3.51.